The molecule has 3 amide bonds. The second kappa shape index (κ2) is 51.9. The Bertz CT molecular complexity index is 4480. The fourth-order valence-electron chi connectivity index (χ4n) is 17.6. The van der Waals surface area contributed by atoms with Crippen molar-refractivity contribution in [3.8, 4) is 11.3 Å². The molecule has 4 aliphatic heterocycles. The molecule has 708 valence electrons. The minimum atomic E-state index is -2.46. The summed E-state index contributed by atoms with van der Waals surface area (Å²) >= 11 is 0. The Morgan fingerprint density at radius 3 is 2.02 bits per heavy atom. The molecule has 2 saturated heterocycles. The van der Waals surface area contributed by atoms with E-state index in [4.69, 9.17) is 92.0 Å². The zero-order chi connectivity index (χ0) is 91.7. The molecule has 0 unspecified atom stereocenters. The van der Waals surface area contributed by atoms with E-state index in [1.165, 1.54) is 23.9 Å². The summed E-state index contributed by atoms with van der Waals surface area (Å²) in [6, 6.07) is 10.8. The first-order valence-corrected chi connectivity index (χ1v) is 45.4. The van der Waals surface area contributed by atoms with E-state index >= 15 is 0 Å². The van der Waals surface area contributed by atoms with Gasteiger partial charge in [-0.2, -0.15) is 10.1 Å². The number of carbonyl (C=O) groups is 6. The van der Waals surface area contributed by atoms with Gasteiger partial charge >= 0.3 is 12.1 Å². The van der Waals surface area contributed by atoms with Crippen LogP contribution in [0.25, 0.3) is 33.4 Å². The molecule has 3 fully saturated rings. The van der Waals surface area contributed by atoms with Gasteiger partial charge in [-0.15, -0.1) is 0 Å². The van der Waals surface area contributed by atoms with Gasteiger partial charge in [0, 0.05) is 90.8 Å². The monoisotopic (exact) mass is 1790 g/mol. The maximum Gasteiger partial charge on any atom is 0.407 e. The van der Waals surface area contributed by atoms with Crippen molar-refractivity contribution in [1.29, 1.82) is 0 Å². The number of ether oxygens (including phenoxy) is 15. The number of ketones is 2. The molecule has 1 saturated carbocycles. The largest absolute Gasteiger partial charge is 0.460 e. The number of esters is 1. The molecule has 34 heteroatoms. The summed E-state index contributed by atoms with van der Waals surface area (Å²) in [5.41, 5.74) is 20.1. The fourth-order valence-corrected chi connectivity index (χ4v) is 17.6. The Morgan fingerprint density at radius 2 is 1.36 bits per heavy atom. The van der Waals surface area contributed by atoms with Crippen molar-refractivity contribution in [2.24, 2.45) is 35.5 Å². The lowest BCUT2D eigenvalue weighted by molar-refractivity contribution is -0.265. The van der Waals surface area contributed by atoms with Crippen LogP contribution in [0.1, 0.15) is 149 Å². The van der Waals surface area contributed by atoms with E-state index in [-0.39, 0.29) is 80.3 Å². The number of hydrogen-bond acceptors (Lipinski definition) is 30. The Balaban J connectivity index is 0.557. The number of carbonyl (C=O) groups excluding carboxylic acids is 6. The van der Waals surface area contributed by atoms with E-state index in [0.717, 1.165) is 28.7 Å². The maximum absolute atomic E-state index is 14.9. The van der Waals surface area contributed by atoms with E-state index in [9.17, 15) is 39.0 Å². The zero-order valence-corrected chi connectivity index (χ0v) is 76.6. The van der Waals surface area contributed by atoms with Crippen LogP contribution in [0, 0.1) is 35.5 Å². The average molecular weight is 1790 g/mol. The number of alkyl carbamates (subject to hydrolysis) is 1. The summed E-state index contributed by atoms with van der Waals surface area (Å²) in [6.45, 7) is 20.9. The molecule has 5 aromatic rings. The van der Waals surface area contributed by atoms with Crippen molar-refractivity contribution in [3.63, 3.8) is 0 Å². The van der Waals surface area contributed by atoms with Crippen LogP contribution in [0.4, 0.5) is 16.6 Å². The molecule has 7 N–H and O–H groups in total. The molecule has 7 heterocycles. The molecule has 34 nitrogen and oxygen atoms in total. The van der Waals surface area contributed by atoms with Crippen LogP contribution in [0.15, 0.2) is 94.7 Å². The van der Waals surface area contributed by atoms with Crippen molar-refractivity contribution in [1.82, 2.24) is 39.8 Å². The van der Waals surface area contributed by atoms with E-state index in [2.05, 4.69) is 38.5 Å². The number of aromatic nitrogens is 5. The third-order valence-corrected chi connectivity index (χ3v) is 25.0. The Hall–Kier alpha value is -8.56. The molecule has 128 heavy (non-hydrogen) atoms. The third kappa shape index (κ3) is 29.5. The number of fused-ring (bicyclic) bond motifs is 6. The van der Waals surface area contributed by atoms with E-state index in [0.29, 0.717) is 222 Å². The molecular formula is C94H138N10O24. The average Bonchev–Trinajstić information content (AvgIpc) is 1.56. The molecular weight excluding hydrogens is 1650 g/mol. The van der Waals surface area contributed by atoms with Crippen molar-refractivity contribution in [2.75, 3.05) is 165 Å². The number of aliphatic hydroxyl groups is 2. The Labute approximate surface area is 751 Å². The van der Waals surface area contributed by atoms with Crippen LogP contribution in [-0.2, 0) is 115 Å². The number of allylic oxidation sites excluding steroid dienone is 5. The van der Waals surface area contributed by atoms with Gasteiger partial charge in [-0.3, -0.25) is 19.2 Å². The number of nitrogens with one attached hydrogen (secondary N) is 1. The lowest BCUT2D eigenvalue weighted by atomic mass is 9.78. The van der Waals surface area contributed by atoms with Crippen LogP contribution in [-0.4, -0.2) is 295 Å². The van der Waals surface area contributed by atoms with Gasteiger partial charge in [-0.25, -0.2) is 24.2 Å². The number of methoxy groups -OCH3 is 4. The quantitative estimate of drug-likeness (QED) is 0.0106. The second-order valence-corrected chi connectivity index (χ2v) is 34.3. The van der Waals surface area contributed by atoms with Gasteiger partial charge < -0.3 is 112 Å². The Kier molecular flexibility index (Phi) is 41.2. The number of nitrogen functional groups attached to an aromatic ring is 2. The van der Waals surface area contributed by atoms with Gasteiger partial charge in [0.2, 0.25) is 11.7 Å². The number of anilines is 2. The molecule has 5 aliphatic rings. The maximum atomic E-state index is 14.9. The number of Topliss-reactive ketones (excluding diaryl/α,β-unsaturated/α-hetero) is 2. The first kappa shape index (κ1) is 102. The van der Waals surface area contributed by atoms with Crippen LogP contribution in [0.2, 0.25) is 0 Å². The number of cyclic esters (lactones) is 1. The highest BCUT2D eigenvalue weighted by molar-refractivity contribution is 6.39. The number of hydrogen-bond donors (Lipinski definition) is 5. The SMILES string of the molecule is CO[C@H]1C[C@@H]2CC[C@@H](C)[C@@](O)(O2)C(=O)C(=O)N2CCCC[C@H]2C(=O)O[C@H]([C@H](C)C[C@@H]2CC[C@@H](OC(=O)NCCOCCOCCOCCOCCOCCOCCOCCOCCC(=O)N3CCc4cc(Cn5nc(-c6ccc7oc(N)nc7c6)c6c(N)ncnc65)ccc4C3)[C@H](OC)C2)C[C@@H](OC)[C@H](C)/C=C(\C)[C@@H](O)[C@@H](OC)C(=O)[C@H](C)C[C@H](C)/C=C/C=C/C=C/1C. The number of rotatable bonds is 38. The van der Waals surface area contributed by atoms with Crippen molar-refractivity contribution in [2.45, 2.75) is 212 Å². The highest BCUT2D eigenvalue weighted by atomic mass is 16.6. The van der Waals surface area contributed by atoms with Gasteiger partial charge in [0.25, 0.3) is 17.7 Å². The van der Waals surface area contributed by atoms with Crippen molar-refractivity contribution >= 4 is 69.4 Å². The topological polar surface area (TPSA) is 422 Å². The molecule has 10 rings (SSSR count). The zero-order valence-electron chi connectivity index (χ0n) is 76.6. The summed E-state index contributed by atoms with van der Waals surface area (Å²) in [5, 5.41) is 32.3. The lowest BCUT2D eigenvalue weighted by Gasteiger charge is -2.43. The molecule has 16 atom stereocenters. The number of nitrogens with zero attached hydrogens (tertiary/aromatic N) is 7. The second-order valence-electron chi connectivity index (χ2n) is 34.3. The summed E-state index contributed by atoms with van der Waals surface area (Å²) < 4.78 is 95.0. The highest BCUT2D eigenvalue weighted by Crippen LogP contribution is 2.40. The van der Waals surface area contributed by atoms with E-state index in [1.807, 2.05) is 92.8 Å². The first-order valence-electron chi connectivity index (χ1n) is 45.4. The third-order valence-electron chi connectivity index (χ3n) is 25.0. The van der Waals surface area contributed by atoms with Crippen LogP contribution in [0.5, 0.6) is 0 Å². The number of benzene rings is 2. The number of amides is 3. The number of oxazole rings is 1. The number of aliphatic hydroxyl groups excluding tert-OH is 1. The van der Waals surface area contributed by atoms with Crippen LogP contribution >= 0.6 is 0 Å². The molecule has 3 aromatic heterocycles. The molecule has 2 aromatic carbocycles. The normalized spacial score (nSPS) is 27.4. The van der Waals surface area contributed by atoms with Crippen molar-refractivity contribution < 1.29 is 114 Å². The summed E-state index contributed by atoms with van der Waals surface area (Å²) in [4.78, 5) is 101. The molecule has 0 spiro atoms. The van der Waals surface area contributed by atoms with Gasteiger partial charge in [0.15, 0.2) is 17.0 Å². The van der Waals surface area contributed by atoms with Crippen LogP contribution < -0.4 is 16.8 Å². The predicted octanol–water partition coefficient (Wildman–Crippen LogP) is 9.63. The number of nitrogens with two attached hydrogens (primary N) is 2. The molecule has 2 bridgehead atoms. The lowest BCUT2D eigenvalue weighted by Crippen LogP contribution is -2.61. The smallest absolute Gasteiger partial charge is 0.407 e. The summed E-state index contributed by atoms with van der Waals surface area (Å²) in [7, 11) is 6.15. The Morgan fingerprint density at radius 1 is 0.688 bits per heavy atom. The van der Waals surface area contributed by atoms with Crippen molar-refractivity contribution in [3.05, 3.63) is 107 Å². The fraction of sp³-hybridized carbons (Fsp3) is 0.660. The molecule has 1 aliphatic carbocycles. The minimum absolute atomic E-state index is 0.00837. The predicted molar refractivity (Wildman–Crippen MR) is 476 cm³/mol. The molecule has 0 radical (unpaired) electrons. The summed E-state index contributed by atoms with van der Waals surface area (Å²) in [5.74, 6) is -6.98. The minimum Gasteiger partial charge on any atom is -0.460 e. The first-order chi connectivity index (χ1) is 61.8. The van der Waals surface area contributed by atoms with Gasteiger partial charge in [0.05, 0.1) is 148 Å². The van der Waals surface area contributed by atoms with Gasteiger partial charge in [-0.1, -0.05) is 89.3 Å². The van der Waals surface area contributed by atoms with E-state index < -0.39 is 96.2 Å². The summed E-state index contributed by atoms with van der Waals surface area (Å²) in [6.07, 6.45) is 13.0. The van der Waals surface area contributed by atoms with Gasteiger partial charge in [0.1, 0.15) is 53.8 Å². The standard InChI is InChI=1S/C94H138N10O24/c1-60-17-13-12-14-18-61(2)77(113-8)55-72-25-20-66(7)94(112,128-72)87(108)90(109)103-31-16-15-19-74(103)91(110)125-79(56-78(114-9)62(3)50-65(6)85(107)86(116-11)84(106)64(5)49-60)63(4)51-67-22-26-76(80(53-67)115-10)127-93(111)97-30-34-118-36-38-120-40-42-122-44-46-124-48-47-123-45-43-121-41-39-119-37-35-117-33-29-81(105)102-32-28-69-52-68(21-23-71(69)58-102)57-104-89-82(88(95)98-59-99-89)83(101-104)70-24-27-75-73(54-70)100-92(96)126-75/h12-14,17-18,21,23-24,27,50,52,54,59-60,62-64,66-67,72,74,76-80,85-86,107,112H,15-16,19-20,22,25-26,28-49,51,53,55-58H2,1-11H3,(H2,96,100)(H,97,111)(H2,95,98,99)/b14-12+,17-13+,61-18+,65-50+/t60-,62-,63-,64-,66-,67+,72+,74+,76-,77+,78-,79+,80-,85-,86+,94-/m1/s1. The van der Waals surface area contributed by atoms with E-state index in [1.54, 1.807) is 41.2 Å². The van der Waals surface area contributed by atoms with Gasteiger partial charge in [-0.05, 0) is 148 Å². The van der Waals surface area contributed by atoms with Crippen LogP contribution in [0.3, 0.4) is 0 Å². The number of piperidine rings is 1. The highest BCUT2D eigenvalue weighted by Gasteiger charge is 2.53.